The molecule has 16 heavy (non-hydrogen) atoms. The van der Waals surface area contributed by atoms with Crippen LogP contribution in [0.15, 0.2) is 32.1 Å². The van der Waals surface area contributed by atoms with Gasteiger partial charge in [0.1, 0.15) is 0 Å². The van der Waals surface area contributed by atoms with Gasteiger partial charge in [0, 0.05) is 13.2 Å². The molecule has 0 amide bonds. The van der Waals surface area contributed by atoms with Gasteiger partial charge in [0.05, 0.1) is 12.3 Å². The Labute approximate surface area is 99.6 Å². The summed E-state index contributed by atoms with van der Waals surface area (Å²) >= 11 is 3.19. The van der Waals surface area contributed by atoms with Crippen molar-refractivity contribution >= 4 is 15.9 Å². The van der Waals surface area contributed by atoms with Crippen molar-refractivity contribution in [3.8, 4) is 11.6 Å². The average molecular weight is 285 g/mol. The highest BCUT2D eigenvalue weighted by Crippen LogP contribution is 2.21. The number of methoxy groups -OCH3 is 1. The minimum absolute atomic E-state index is 0.232. The molecule has 0 unspecified atom stereocenters. The highest BCUT2D eigenvalue weighted by atomic mass is 79.9. The Morgan fingerprint density at radius 2 is 2.38 bits per heavy atom. The number of aromatic nitrogens is 2. The van der Waals surface area contributed by atoms with E-state index in [0.717, 1.165) is 0 Å². The van der Waals surface area contributed by atoms with E-state index in [1.165, 1.54) is 6.07 Å². The van der Waals surface area contributed by atoms with Gasteiger partial charge in [-0.25, -0.2) is 4.98 Å². The van der Waals surface area contributed by atoms with Crippen LogP contribution < -0.4 is 5.56 Å². The zero-order valence-electron chi connectivity index (χ0n) is 8.49. The van der Waals surface area contributed by atoms with Crippen LogP contribution in [0, 0.1) is 0 Å². The van der Waals surface area contributed by atoms with Crippen molar-refractivity contribution in [3.05, 3.63) is 38.9 Å². The molecule has 0 aliphatic carbocycles. The van der Waals surface area contributed by atoms with Crippen molar-refractivity contribution in [1.82, 2.24) is 9.97 Å². The molecule has 0 atom stereocenters. The lowest BCUT2D eigenvalue weighted by Gasteiger charge is -2.00. The fraction of sp³-hybridized carbons (Fsp3) is 0.200. The van der Waals surface area contributed by atoms with Crippen LogP contribution in [-0.4, -0.2) is 17.1 Å². The predicted octanol–water partition coefficient (Wildman–Crippen LogP) is 1.94. The van der Waals surface area contributed by atoms with E-state index in [4.69, 9.17) is 9.15 Å². The standard InChI is InChI=1S/C10H9BrN2O3/c1-15-5-6-4-9(14)13-10(12-6)7-2-3-8(11)16-7/h2-4H,5H2,1H3,(H,12,13,14). The van der Waals surface area contributed by atoms with Gasteiger partial charge in [-0.3, -0.25) is 4.79 Å². The third kappa shape index (κ3) is 2.40. The SMILES string of the molecule is COCc1cc(=O)[nH]c(-c2ccc(Br)o2)n1. The van der Waals surface area contributed by atoms with E-state index in [2.05, 4.69) is 25.9 Å². The molecule has 2 aromatic rings. The van der Waals surface area contributed by atoms with Gasteiger partial charge in [-0.1, -0.05) is 0 Å². The fourth-order valence-electron chi connectivity index (χ4n) is 1.29. The summed E-state index contributed by atoms with van der Waals surface area (Å²) in [6, 6.07) is 4.85. The summed E-state index contributed by atoms with van der Waals surface area (Å²) in [5.74, 6) is 0.896. The van der Waals surface area contributed by atoms with Gasteiger partial charge in [-0.15, -0.1) is 0 Å². The molecule has 0 aliphatic heterocycles. The van der Waals surface area contributed by atoms with Crippen LogP contribution in [0.4, 0.5) is 0 Å². The maximum absolute atomic E-state index is 11.4. The molecule has 5 nitrogen and oxygen atoms in total. The van der Waals surface area contributed by atoms with Gasteiger partial charge in [-0.2, -0.15) is 0 Å². The zero-order chi connectivity index (χ0) is 11.5. The van der Waals surface area contributed by atoms with Crippen LogP contribution in [0.25, 0.3) is 11.6 Å². The fourth-order valence-corrected chi connectivity index (χ4v) is 1.59. The summed E-state index contributed by atoms with van der Waals surface area (Å²) in [6.45, 7) is 0.290. The van der Waals surface area contributed by atoms with Gasteiger partial charge < -0.3 is 14.1 Å². The van der Waals surface area contributed by atoms with Gasteiger partial charge in [0.25, 0.3) is 5.56 Å². The first kappa shape index (κ1) is 11.1. The topological polar surface area (TPSA) is 68.1 Å². The van der Waals surface area contributed by atoms with Crippen molar-refractivity contribution in [2.75, 3.05) is 7.11 Å². The van der Waals surface area contributed by atoms with E-state index in [-0.39, 0.29) is 5.56 Å². The number of H-pyrrole nitrogens is 1. The van der Waals surface area contributed by atoms with Crippen molar-refractivity contribution < 1.29 is 9.15 Å². The number of rotatable bonds is 3. The number of nitrogens with zero attached hydrogens (tertiary/aromatic N) is 1. The molecule has 0 radical (unpaired) electrons. The molecular formula is C10H9BrN2O3. The Morgan fingerprint density at radius 1 is 1.56 bits per heavy atom. The van der Waals surface area contributed by atoms with E-state index in [1.807, 2.05) is 0 Å². The quantitative estimate of drug-likeness (QED) is 0.935. The van der Waals surface area contributed by atoms with Crippen molar-refractivity contribution in [2.24, 2.45) is 0 Å². The normalized spacial score (nSPS) is 10.6. The second kappa shape index (κ2) is 4.63. The van der Waals surface area contributed by atoms with E-state index in [1.54, 1.807) is 19.2 Å². The summed E-state index contributed by atoms with van der Waals surface area (Å²) in [5, 5.41) is 0. The summed E-state index contributed by atoms with van der Waals surface area (Å²) in [4.78, 5) is 18.2. The maximum atomic E-state index is 11.4. The molecule has 0 aliphatic rings. The van der Waals surface area contributed by atoms with Crippen LogP contribution in [0.1, 0.15) is 5.69 Å². The molecule has 6 heteroatoms. The number of nitrogens with one attached hydrogen (secondary N) is 1. The largest absolute Gasteiger partial charge is 0.446 e. The Bertz CT molecular complexity index is 547. The smallest absolute Gasteiger partial charge is 0.251 e. The second-order valence-electron chi connectivity index (χ2n) is 3.12. The molecule has 2 heterocycles. The molecule has 84 valence electrons. The first-order valence-corrected chi connectivity index (χ1v) is 5.33. The molecule has 0 saturated heterocycles. The minimum Gasteiger partial charge on any atom is -0.446 e. The lowest BCUT2D eigenvalue weighted by molar-refractivity contribution is 0.181. The highest BCUT2D eigenvalue weighted by molar-refractivity contribution is 9.10. The molecule has 1 N–H and O–H groups in total. The molecule has 0 saturated carbocycles. The maximum Gasteiger partial charge on any atom is 0.251 e. The molecule has 0 spiro atoms. The first-order valence-electron chi connectivity index (χ1n) is 4.54. The Balaban J connectivity index is 2.44. The second-order valence-corrected chi connectivity index (χ2v) is 3.90. The molecule has 2 rings (SSSR count). The number of furan rings is 1. The monoisotopic (exact) mass is 284 g/mol. The molecule has 0 aromatic carbocycles. The summed E-state index contributed by atoms with van der Waals surface area (Å²) in [5.41, 5.74) is 0.332. The number of aromatic amines is 1. The molecule has 2 aromatic heterocycles. The Hall–Kier alpha value is -1.40. The first-order chi connectivity index (χ1) is 7.69. The van der Waals surface area contributed by atoms with E-state index in [9.17, 15) is 4.79 Å². The summed E-state index contributed by atoms with van der Waals surface area (Å²) in [7, 11) is 1.55. The van der Waals surface area contributed by atoms with Crippen molar-refractivity contribution in [3.63, 3.8) is 0 Å². The van der Waals surface area contributed by atoms with Crippen LogP contribution in [0.5, 0.6) is 0 Å². The molecule has 0 fully saturated rings. The average Bonchev–Trinajstić information content (AvgIpc) is 2.64. The number of halogens is 1. The third-order valence-electron chi connectivity index (χ3n) is 1.89. The number of ether oxygens (including phenoxy) is 1. The van der Waals surface area contributed by atoms with Crippen LogP contribution in [0.3, 0.4) is 0 Å². The van der Waals surface area contributed by atoms with Crippen LogP contribution >= 0.6 is 15.9 Å². The van der Waals surface area contributed by atoms with E-state index < -0.39 is 0 Å². The van der Waals surface area contributed by atoms with Crippen LogP contribution in [0.2, 0.25) is 0 Å². The summed E-state index contributed by atoms with van der Waals surface area (Å²) < 4.78 is 10.8. The molecule has 0 bridgehead atoms. The van der Waals surface area contributed by atoms with E-state index >= 15 is 0 Å². The lowest BCUT2D eigenvalue weighted by atomic mass is 10.3. The van der Waals surface area contributed by atoms with Gasteiger partial charge in [0.15, 0.2) is 16.3 Å². The minimum atomic E-state index is -0.232. The zero-order valence-corrected chi connectivity index (χ0v) is 10.1. The predicted molar refractivity (Wildman–Crippen MR) is 61.0 cm³/mol. The van der Waals surface area contributed by atoms with Crippen molar-refractivity contribution in [1.29, 1.82) is 0 Å². The Morgan fingerprint density at radius 3 is 3.00 bits per heavy atom. The summed E-state index contributed by atoms with van der Waals surface area (Å²) in [6.07, 6.45) is 0. The van der Waals surface area contributed by atoms with E-state index in [0.29, 0.717) is 28.6 Å². The number of hydrogen-bond acceptors (Lipinski definition) is 4. The van der Waals surface area contributed by atoms with Gasteiger partial charge in [-0.05, 0) is 28.1 Å². The highest BCUT2D eigenvalue weighted by Gasteiger charge is 2.07. The lowest BCUT2D eigenvalue weighted by Crippen LogP contribution is -2.10. The molecular weight excluding hydrogens is 276 g/mol. The van der Waals surface area contributed by atoms with Crippen molar-refractivity contribution in [2.45, 2.75) is 6.61 Å². The van der Waals surface area contributed by atoms with Crippen LogP contribution in [-0.2, 0) is 11.3 Å². The third-order valence-corrected chi connectivity index (χ3v) is 2.32. The Kier molecular flexibility index (Phi) is 3.21. The van der Waals surface area contributed by atoms with Gasteiger partial charge in [0.2, 0.25) is 0 Å². The number of hydrogen-bond donors (Lipinski definition) is 1. The van der Waals surface area contributed by atoms with Gasteiger partial charge >= 0.3 is 0 Å².